The Morgan fingerprint density at radius 1 is 1.00 bits per heavy atom. The van der Waals surface area contributed by atoms with Crippen molar-refractivity contribution in [2.75, 3.05) is 12.4 Å². The van der Waals surface area contributed by atoms with Crippen molar-refractivity contribution < 1.29 is 0 Å². The quantitative estimate of drug-likeness (QED) is 0.759. The third-order valence-corrected chi connectivity index (χ3v) is 3.08. The summed E-state index contributed by atoms with van der Waals surface area (Å²) in [6, 6.07) is 8.08. The van der Waals surface area contributed by atoms with Crippen LogP contribution in [-0.4, -0.2) is 22.0 Å². The van der Waals surface area contributed by atoms with E-state index >= 15 is 0 Å². The van der Waals surface area contributed by atoms with Gasteiger partial charge in [0.2, 0.25) is 0 Å². The van der Waals surface area contributed by atoms with E-state index in [1.807, 2.05) is 44.6 Å². The first-order chi connectivity index (χ1) is 9.28. The molecule has 0 amide bonds. The average Bonchev–Trinajstić information content (AvgIpc) is 2.46. The Balaban J connectivity index is 2.17. The first-order valence-corrected chi connectivity index (χ1v) is 6.13. The van der Waals surface area contributed by atoms with Crippen molar-refractivity contribution in [1.29, 1.82) is 0 Å². The van der Waals surface area contributed by atoms with Gasteiger partial charge in [-0.05, 0) is 36.6 Å². The zero-order valence-electron chi connectivity index (χ0n) is 10.9. The molecule has 94 valence electrons. The summed E-state index contributed by atoms with van der Waals surface area (Å²) < 4.78 is 0. The van der Waals surface area contributed by atoms with Crippen LogP contribution in [0.15, 0.2) is 42.9 Å². The highest BCUT2D eigenvalue weighted by atomic mass is 15.0. The van der Waals surface area contributed by atoms with Crippen LogP contribution in [0, 0.1) is 6.92 Å². The average molecular weight is 250 g/mol. The second kappa shape index (κ2) is 4.65. The molecule has 1 N–H and O–H groups in total. The van der Waals surface area contributed by atoms with Crippen LogP contribution in [0.25, 0.3) is 22.0 Å². The normalized spacial score (nSPS) is 10.6. The predicted molar refractivity (Wildman–Crippen MR) is 77.1 cm³/mol. The lowest BCUT2D eigenvalue weighted by molar-refractivity contribution is 1.19. The molecular weight excluding hydrogens is 236 g/mol. The van der Waals surface area contributed by atoms with E-state index in [2.05, 4.69) is 26.3 Å². The number of anilines is 1. The Hall–Kier alpha value is -2.49. The lowest BCUT2D eigenvalue weighted by atomic mass is 10.1. The monoisotopic (exact) mass is 250 g/mol. The van der Waals surface area contributed by atoms with E-state index in [0.29, 0.717) is 0 Å². The van der Waals surface area contributed by atoms with Gasteiger partial charge in [0.15, 0.2) is 0 Å². The van der Waals surface area contributed by atoms with E-state index in [4.69, 9.17) is 0 Å². The van der Waals surface area contributed by atoms with Gasteiger partial charge in [-0.25, -0.2) is 4.98 Å². The van der Waals surface area contributed by atoms with Gasteiger partial charge in [0.1, 0.15) is 5.82 Å². The second-order valence-electron chi connectivity index (χ2n) is 4.39. The third kappa shape index (κ3) is 2.12. The number of aryl methyl sites for hydroxylation is 1. The van der Waals surface area contributed by atoms with E-state index in [9.17, 15) is 0 Å². The molecule has 0 aliphatic carbocycles. The molecule has 19 heavy (non-hydrogen) atoms. The highest BCUT2D eigenvalue weighted by Crippen LogP contribution is 2.25. The Morgan fingerprint density at radius 2 is 1.84 bits per heavy atom. The molecule has 0 saturated carbocycles. The number of aromatic nitrogens is 3. The Kier molecular flexibility index (Phi) is 2.83. The molecule has 0 aliphatic rings. The van der Waals surface area contributed by atoms with Gasteiger partial charge in [0, 0.05) is 42.3 Å². The summed E-state index contributed by atoms with van der Waals surface area (Å²) in [6.45, 7) is 1.98. The highest BCUT2D eigenvalue weighted by molar-refractivity contribution is 5.92. The van der Waals surface area contributed by atoms with Crippen LogP contribution in [0.4, 0.5) is 5.82 Å². The zero-order valence-corrected chi connectivity index (χ0v) is 10.9. The Labute approximate surface area is 111 Å². The van der Waals surface area contributed by atoms with Gasteiger partial charge >= 0.3 is 0 Å². The molecule has 3 aromatic rings. The lowest BCUT2D eigenvalue weighted by Gasteiger charge is -2.07. The second-order valence-corrected chi connectivity index (χ2v) is 4.39. The van der Waals surface area contributed by atoms with Crippen LogP contribution in [0.5, 0.6) is 0 Å². The van der Waals surface area contributed by atoms with E-state index in [-0.39, 0.29) is 0 Å². The van der Waals surface area contributed by atoms with Crippen LogP contribution in [0.3, 0.4) is 0 Å². The van der Waals surface area contributed by atoms with Gasteiger partial charge in [0.25, 0.3) is 0 Å². The molecule has 4 nitrogen and oxygen atoms in total. The third-order valence-electron chi connectivity index (χ3n) is 3.08. The Bertz CT molecular complexity index is 737. The molecule has 3 aromatic heterocycles. The maximum Gasteiger partial charge on any atom is 0.135 e. The van der Waals surface area contributed by atoms with E-state index in [1.54, 1.807) is 6.20 Å². The molecule has 0 spiro atoms. The first-order valence-electron chi connectivity index (χ1n) is 6.13. The van der Waals surface area contributed by atoms with Crippen molar-refractivity contribution in [3.63, 3.8) is 0 Å². The van der Waals surface area contributed by atoms with Crippen molar-refractivity contribution in [3.8, 4) is 11.3 Å². The van der Waals surface area contributed by atoms with Crippen LogP contribution in [-0.2, 0) is 0 Å². The first kappa shape index (κ1) is 11.6. The zero-order chi connectivity index (χ0) is 13.2. The molecule has 3 rings (SSSR count). The SMILES string of the molecule is CNc1nccc2cc(-c3ccnc(C)c3)ncc12. The molecule has 0 bridgehead atoms. The minimum absolute atomic E-state index is 0.849. The van der Waals surface area contributed by atoms with E-state index < -0.39 is 0 Å². The number of nitrogens with zero attached hydrogens (tertiary/aromatic N) is 3. The molecule has 0 fully saturated rings. The number of nitrogens with one attached hydrogen (secondary N) is 1. The fraction of sp³-hybridized carbons (Fsp3) is 0.133. The van der Waals surface area contributed by atoms with Crippen LogP contribution in [0.1, 0.15) is 5.69 Å². The molecule has 0 aliphatic heterocycles. The van der Waals surface area contributed by atoms with Crippen molar-refractivity contribution >= 4 is 16.6 Å². The highest BCUT2D eigenvalue weighted by Gasteiger charge is 2.05. The molecule has 0 atom stereocenters. The Morgan fingerprint density at radius 3 is 2.63 bits per heavy atom. The largest absolute Gasteiger partial charge is 0.373 e. The summed E-state index contributed by atoms with van der Waals surface area (Å²) in [4.78, 5) is 13.0. The van der Waals surface area contributed by atoms with Crippen molar-refractivity contribution in [2.45, 2.75) is 6.92 Å². The number of hydrogen-bond acceptors (Lipinski definition) is 4. The molecule has 0 saturated heterocycles. The predicted octanol–water partition coefficient (Wildman–Crippen LogP) is 3.04. The summed E-state index contributed by atoms with van der Waals surface area (Å²) in [5.41, 5.74) is 3.02. The summed E-state index contributed by atoms with van der Waals surface area (Å²) in [6.07, 6.45) is 5.47. The van der Waals surface area contributed by atoms with Gasteiger partial charge in [-0.3, -0.25) is 9.97 Å². The van der Waals surface area contributed by atoms with Crippen molar-refractivity contribution in [1.82, 2.24) is 15.0 Å². The van der Waals surface area contributed by atoms with Gasteiger partial charge in [-0.2, -0.15) is 0 Å². The number of fused-ring (bicyclic) bond motifs is 1. The van der Waals surface area contributed by atoms with Crippen molar-refractivity contribution in [3.05, 3.63) is 48.5 Å². The van der Waals surface area contributed by atoms with Crippen LogP contribution < -0.4 is 5.32 Å². The van der Waals surface area contributed by atoms with Gasteiger partial charge < -0.3 is 5.32 Å². The summed E-state index contributed by atoms with van der Waals surface area (Å²) >= 11 is 0. The van der Waals surface area contributed by atoms with Gasteiger partial charge in [-0.15, -0.1) is 0 Å². The fourth-order valence-electron chi connectivity index (χ4n) is 2.13. The van der Waals surface area contributed by atoms with Gasteiger partial charge in [0.05, 0.1) is 5.69 Å². The molecular formula is C15H14N4. The summed E-state index contributed by atoms with van der Waals surface area (Å²) in [5.74, 6) is 0.849. The van der Waals surface area contributed by atoms with E-state index in [0.717, 1.165) is 33.5 Å². The molecule has 0 radical (unpaired) electrons. The smallest absolute Gasteiger partial charge is 0.135 e. The maximum atomic E-state index is 4.52. The molecule has 3 heterocycles. The molecule has 4 heteroatoms. The maximum absolute atomic E-state index is 4.52. The summed E-state index contributed by atoms with van der Waals surface area (Å²) in [5, 5.41) is 5.23. The minimum atomic E-state index is 0.849. The number of pyridine rings is 3. The molecule has 0 unspecified atom stereocenters. The van der Waals surface area contributed by atoms with Crippen LogP contribution in [0.2, 0.25) is 0 Å². The topological polar surface area (TPSA) is 50.7 Å². The van der Waals surface area contributed by atoms with Gasteiger partial charge in [-0.1, -0.05) is 0 Å². The van der Waals surface area contributed by atoms with E-state index in [1.165, 1.54) is 0 Å². The van der Waals surface area contributed by atoms with Crippen molar-refractivity contribution in [2.24, 2.45) is 0 Å². The minimum Gasteiger partial charge on any atom is -0.373 e. The number of rotatable bonds is 2. The lowest BCUT2D eigenvalue weighted by Crippen LogP contribution is -1.94. The standard InChI is InChI=1S/C15H14N4/c1-10-7-12(4-5-17-10)14-8-11-3-6-18-15(16-2)13(11)9-19-14/h3-9H,1-2H3,(H,16,18). The summed E-state index contributed by atoms with van der Waals surface area (Å²) in [7, 11) is 1.86. The van der Waals surface area contributed by atoms with Crippen LogP contribution >= 0.6 is 0 Å². The molecule has 0 aromatic carbocycles. The number of hydrogen-bond donors (Lipinski definition) is 1. The fourth-order valence-corrected chi connectivity index (χ4v) is 2.13.